The van der Waals surface area contributed by atoms with E-state index in [4.69, 9.17) is 4.52 Å². The fourth-order valence-corrected chi connectivity index (χ4v) is 2.49. The minimum absolute atomic E-state index is 0.245. The summed E-state index contributed by atoms with van der Waals surface area (Å²) in [7, 11) is 0. The number of H-pyrrole nitrogens is 1. The molecule has 0 spiro atoms. The summed E-state index contributed by atoms with van der Waals surface area (Å²) < 4.78 is 5.24. The summed E-state index contributed by atoms with van der Waals surface area (Å²) in [5, 5.41) is 4.84. The van der Waals surface area contributed by atoms with Crippen LogP contribution in [0.25, 0.3) is 33.7 Å². The van der Waals surface area contributed by atoms with Gasteiger partial charge in [0.25, 0.3) is 11.4 Å². The first kappa shape index (κ1) is 13.4. The Kier molecular flexibility index (Phi) is 3.01. The van der Waals surface area contributed by atoms with Gasteiger partial charge in [-0.05, 0) is 36.1 Å². The second-order valence-corrected chi connectivity index (χ2v) is 5.22. The number of hydrogen-bond donors (Lipinski definition) is 1. The number of aromatic amines is 1. The summed E-state index contributed by atoms with van der Waals surface area (Å²) >= 11 is 0. The van der Waals surface area contributed by atoms with Crippen LogP contribution >= 0.6 is 0 Å². The highest BCUT2D eigenvalue weighted by molar-refractivity contribution is 5.84. The van der Waals surface area contributed by atoms with E-state index in [0.717, 1.165) is 16.5 Å². The second kappa shape index (κ2) is 5.17. The molecule has 0 saturated carbocycles. The minimum atomic E-state index is -0.245. The summed E-state index contributed by atoms with van der Waals surface area (Å²) in [4.78, 5) is 23.5. The summed E-state index contributed by atoms with van der Waals surface area (Å²) in [6.45, 7) is 1.95. The number of nitrogens with one attached hydrogen (secondary N) is 1. The Morgan fingerprint density at radius 3 is 2.91 bits per heavy atom. The Labute approximate surface area is 130 Å². The minimum Gasteiger partial charge on any atom is -0.334 e. The zero-order valence-electron chi connectivity index (χ0n) is 12.3. The lowest BCUT2D eigenvalue weighted by Gasteiger charge is -2.02. The molecule has 4 rings (SSSR count). The van der Waals surface area contributed by atoms with Gasteiger partial charge in [-0.2, -0.15) is 4.98 Å². The maximum atomic E-state index is 12.3. The fraction of sp³-hybridized carbons (Fsp3) is 0.0588. The number of rotatable bonds is 2. The molecule has 23 heavy (non-hydrogen) atoms. The van der Waals surface area contributed by atoms with Gasteiger partial charge in [0.15, 0.2) is 0 Å². The maximum absolute atomic E-state index is 12.3. The third-order valence-corrected chi connectivity index (χ3v) is 3.66. The van der Waals surface area contributed by atoms with Gasteiger partial charge in [0.1, 0.15) is 0 Å². The molecule has 3 aromatic heterocycles. The SMILES string of the molecule is Cc1cccc2cc(-c3noc(-c4cccnc4)n3)c(=O)[nH]c12. The molecule has 0 aliphatic rings. The highest BCUT2D eigenvalue weighted by atomic mass is 16.5. The van der Waals surface area contributed by atoms with Crippen LogP contribution in [0.5, 0.6) is 0 Å². The first-order chi connectivity index (χ1) is 11.2. The lowest BCUT2D eigenvalue weighted by molar-refractivity contribution is 0.432. The van der Waals surface area contributed by atoms with E-state index in [1.807, 2.05) is 31.2 Å². The normalized spacial score (nSPS) is 11.0. The van der Waals surface area contributed by atoms with Crippen LogP contribution in [0.3, 0.4) is 0 Å². The van der Waals surface area contributed by atoms with Crippen molar-refractivity contribution in [2.45, 2.75) is 6.92 Å². The molecule has 0 fully saturated rings. The smallest absolute Gasteiger partial charge is 0.259 e. The number of aromatic nitrogens is 4. The fourth-order valence-electron chi connectivity index (χ4n) is 2.49. The molecule has 112 valence electrons. The molecule has 1 aromatic carbocycles. The number of aryl methyl sites for hydroxylation is 1. The van der Waals surface area contributed by atoms with Crippen LogP contribution in [0, 0.1) is 6.92 Å². The monoisotopic (exact) mass is 304 g/mol. The van der Waals surface area contributed by atoms with E-state index < -0.39 is 0 Å². The summed E-state index contributed by atoms with van der Waals surface area (Å²) in [6.07, 6.45) is 3.29. The molecule has 0 aliphatic carbocycles. The Morgan fingerprint density at radius 1 is 1.17 bits per heavy atom. The van der Waals surface area contributed by atoms with Gasteiger partial charge >= 0.3 is 0 Å². The van der Waals surface area contributed by atoms with E-state index in [-0.39, 0.29) is 11.4 Å². The highest BCUT2D eigenvalue weighted by Crippen LogP contribution is 2.22. The Morgan fingerprint density at radius 2 is 2.09 bits per heavy atom. The topological polar surface area (TPSA) is 84.7 Å². The van der Waals surface area contributed by atoms with Gasteiger partial charge in [-0.3, -0.25) is 9.78 Å². The molecule has 0 bridgehead atoms. The van der Waals surface area contributed by atoms with Crippen molar-refractivity contribution in [3.05, 3.63) is 64.7 Å². The lowest BCUT2D eigenvalue weighted by atomic mass is 10.1. The average molecular weight is 304 g/mol. The molecule has 0 amide bonds. The van der Waals surface area contributed by atoms with Gasteiger partial charge in [0.05, 0.1) is 16.6 Å². The van der Waals surface area contributed by atoms with Gasteiger partial charge in [0.2, 0.25) is 5.82 Å². The van der Waals surface area contributed by atoms with Crippen LogP contribution in [0.2, 0.25) is 0 Å². The van der Waals surface area contributed by atoms with E-state index in [2.05, 4.69) is 20.1 Å². The number of nitrogens with zero attached hydrogens (tertiary/aromatic N) is 3. The van der Waals surface area contributed by atoms with Crippen molar-refractivity contribution in [2.75, 3.05) is 0 Å². The van der Waals surface area contributed by atoms with Crippen LogP contribution in [0.15, 0.2) is 58.1 Å². The van der Waals surface area contributed by atoms with Crippen molar-refractivity contribution in [1.29, 1.82) is 0 Å². The van der Waals surface area contributed by atoms with Crippen molar-refractivity contribution in [2.24, 2.45) is 0 Å². The van der Waals surface area contributed by atoms with Gasteiger partial charge in [-0.15, -0.1) is 0 Å². The number of para-hydroxylation sites is 1. The molecule has 0 aliphatic heterocycles. The van der Waals surface area contributed by atoms with Crippen molar-refractivity contribution in [1.82, 2.24) is 20.1 Å². The standard InChI is InChI=1S/C17H12N4O2/c1-10-4-2-5-11-8-13(16(22)19-14(10)11)15-20-17(23-21-15)12-6-3-7-18-9-12/h2-9H,1H3,(H,19,22). The van der Waals surface area contributed by atoms with Gasteiger partial charge in [-0.1, -0.05) is 23.4 Å². The molecule has 0 radical (unpaired) electrons. The number of pyridine rings is 2. The third kappa shape index (κ3) is 2.30. The third-order valence-electron chi connectivity index (χ3n) is 3.66. The first-order valence-electron chi connectivity index (χ1n) is 7.09. The summed E-state index contributed by atoms with van der Waals surface area (Å²) in [5.74, 6) is 0.588. The number of hydrogen-bond acceptors (Lipinski definition) is 5. The zero-order valence-corrected chi connectivity index (χ0v) is 12.3. The van der Waals surface area contributed by atoms with E-state index in [0.29, 0.717) is 17.0 Å². The maximum Gasteiger partial charge on any atom is 0.259 e. The average Bonchev–Trinajstić information content (AvgIpc) is 3.06. The van der Waals surface area contributed by atoms with Gasteiger partial charge in [0, 0.05) is 12.4 Å². The predicted octanol–water partition coefficient (Wildman–Crippen LogP) is 2.95. The Hall–Kier alpha value is -3.28. The number of benzene rings is 1. The van der Waals surface area contributed by atoms with Crippen molar-refractivity contribution in [3.8, 4) is 22.8 Å². The van der Waals surface area contributed by atoms with Gasteiger partial charge < -0.3 is 9.51 Å². The molecule has 3 heterocycles. The Bertz CT molecular complexity index is 1050. The van der Waals surface area contributed by atoms with Crippen LogP contribution in [0.4, 0.5) is 0 Å². The highest BCUT2D eigenvalue weighted by Gasteiger charge is 2.14. The van der Waals surface area contributed by atoms with E-state index in [9.17, 15) is 4.79 Å². The molecule has 4 aromatic rings. The number of fused-ring (bicyclic) bond motifs is 1. The quantitative estimate of drug-likeness (QED) is 0.615. The summed E-state index contributed by atoms with van der Waals surface area (Å²) in [5.41, 5.74) is 2.67. The van der Waals surface area contributed by atoms with Crippen LogP contribution < -0.4 is 5.56 Å². The van der Waals surface area contributed by atoms with Crippen molar-refractivity contribution in [3.63, 3.8) is 0 Å². The largest absolute Gasteiger partial charge is 0.334 e. The zero-order chi connectivity index (χ0) is 15.8. The van der Waals surface area contributed by atoms with E-state index in [1.54, 1.807) is 24.5 Å². The van der Waals surface area contributed by atoms with Gasteiger partial charge in [-0.25, -0.2) is 0 Å². The van der Waals surface area contributed by atoms with Crippen LogP contribution in [-0.2, 0) is 0 Å². The Balaban J connectivity index is 1.85. The molecule has 0 atom stereocenters. The molecule has 6 nitrogen and oxygen atoms in total. The lowest BCUT2D eigenvalue weighted by Crippen LogP contribution is -2.10. The van der Waals surface area contributed by atoms with E-state index in [1.165, 1.54) is 0 Å². The molecular formula is C17H12N4O2. The second-order valence-electron chi connectivity index (χ2n) is 5.22. The molecular weight excluding hydrogens is 292 g/mol. The molecule has 0 unspecified atom stereocenters. The van der Waals surface area contributed by atoms with Crippen LogP contribution in [0.1, 0.15) is 5.56 Å². The first-order valence-corrected chi connectivity index (χ1v) is 7.09. The molecule has 0 saturated heterocycles. The molecule has 6 heteroatoms. The van der Waals surface area contributed by atoms with E-state index >= 15 is 0 Å². The predicted molar refractivity (Wildman–Crippen MR) is 85.8 cm³/mol. The van der Waals surface area contributed by atoms with Crippen LogP contribution in [-0.4, -0.2) is 20.1 Å². The molecule has 1 N–H and O–H groups in total. The van der Waals surface area contributed by atoms with Crippen molar-refractivity contribution >= 4 is 10.9 Å². The van der Waals surface area contributed by atoms with Crippen molar-refractivity contribution < 1.29 is 4.52 Å². The summed E-state index contributed by atoms with van der Waals surface area (Å²) in [6, 6.07) is 11.2.